The van der Waals surface area contributed by atoms with Crippen molar-refractivity contribution in [2.24, 2.45) is 5.41 Å². The van der Waals surface area contributed by atoms with Gasteiger partial charge in [0.2, 0.25) is 0 Å². The second-order valence-electron chi connectivity index (χ2n) is 5.62. The van der Waals surface area contributed by atoms with E-state index in [0.717, 1.165) is 12.8 Å². The number of pyridine rings is 1. The number of nitrogens with one attached hydrogen (secondary N) is 1. The lowest BCUT2D eigenvalue weighted by molar-refractivity contribution is 0.0853. The van der Waals surface area contributed by atoms with Crippen molar-refractivity contribution in [2.45, 2.75) is 45.6 Å². The van der Waals surface area contributed by atoms with Gasteiger partial charge in [0.15, 0.2) is 0 Å². The van der Waals surface area contributed by atoms with Crippen molar-refractivity contribution in [3.63, 3.8) is 0 Å². The highest BCUT2D eigenvalue weighted by atomic mass is 35.5. The molecule has 0 bridgehead atoms. The summed E-state index contributed by atoms with van der Waals surface area (Å²) >= 11 is 5.98. The summed E-state index contributed by atoms with van der Waals surface area (Å²) in [4.78, 5) is 16.1. The van der Waals surface area contributed by atoms with Crippen molar-refractivity contribution < 1.29 is 4.79 Å². The molecule has 1 aliphatic carbocycles. The molecule has 0 aliphatic heterocycles. The van der Waals surface area contributed by atoms with Crippen LogP contribution in [-0.2, 0) is 0 Å². The van der Waals surface area contributed by atoms with Crippen LogP contribution in [0.4, 0.5) is 0 Å². The number of hydrogen-bond donors (Lipinski definition) is 1. The molecule has 4 heteroatoms. The fourth-order valence-electron chi connectivity index (χ4n) is 2.56. The van der Waals surface area contributed by atoms with E-state index in [0.29, 0.717) is 10.6 Å². The van der Waals surface area contributed by atoms with E-state index in [4.69, 9.17) is 11.6 Å². The maximum atomic E-state index is 12.2. The van der Waals surface area contributed by atoms with Crippen LogP contribution in [-0.4, -0.2) is 16.9 Å². The summed E-state index contributed by atoms with van der Waals surface area (Å²) in [5, 5.41) is 3.52. The second kappa shape index (κ2) is 5.27. The van der Waals surface area contributed by atoms with Crippen molar-refractivity contribution in [3.8, 4) is 0 Å². The van der Waals surface area contributed by atoms with Gasteiger partial charge in [-0.15, -0.1) is 0 Å². The Balaban J connectivity index is 2.10. The molecule has 1 atom stereocenters. The molecule has 98 valence electrons. The van der Waals surface area contributed by atoms with E-state index in [1.54, 1.807) is 12.3 Å². The number of rotatable bonds is 2. The van der Waals surface area contributed by atoms with Crippen LogP contribution in [0.5, 0.6) is 0 Å². The highest BCUT2D eigenvalue weighted by Gasteiger charge is 2.33. The average molecular weight is 267 g/mol. The molecular formula is C14H19ClN2O. The first-order chi connectivity index (χ1) is 8.50. The topological polar surface area (TPSA) is 42.0 Å². The van der Waals surface area contributed by atoms with E-state index in [-0.39, 0.29) is 17.4 Å². The van der Waals surface area contributed by atoms with Gasteiger partial charge >= 0.3 is 0 Å². The molecule has 2 rings (SSSR count). The Morgan fingerprint density at radius 2 is 2.28 bits per heavy atom. The van der Waals surface area contributed by atoms with E-state index in [9.17, 15) is 4.79 Å². The van der Waals surface area contributed by atoms with E-state index < -0.39 is 0 Å². The molecule has 1 fully saturated rings. The number of nitrogens with zero attached hydrogens (tertiary/aromatic N) is 1. The number of aromatic nitrogens is 1. The van der Waals surface area contributed by atoms with Crippen LogP contribution < -0.4 is 5.32 Å². The molecule has 1 saturated carbocycles. The van der Waals surface area contributed by atoms with Crippen LogP contribution >= 0.6 is 11.6 Å². The minimum Gasteiger partial charge on any atom is -0.349 e. The van der Waals surface area contributed by atoms with Gasteiger partial charge in [0.25, 0.3) is 5.91 Å². The largest absolute Gasteiger partial charge is 0.349 e. The first-order valence-corrected chi connectivity index (χ1v) is 6.79. The van der Waals surface area contributed by atoms with E-state index >= 15 is 0 Å². The zero-order valence-electron chi connectivity index (χ0n) is 10.9. The molecule has 1 aliphatic rings. The second-order valence-corrected chi connectivity index (χ2v) is 6.02. The molecule has 18 heavy (non-hydrogen) atoms. The van der Waals surface area contributed by atoms with Crippen molar-refractivity contribution in [2.75, 3.05) is 0 Å². The van der Waals surface area contributed by atoms with E-state index in [1.165, 1.54) is 19.0 Å². The Morgan fingerprint density at radius 1 is 1.50 bits per heavy atom. The van der Waals surface area contributed by atoms with Crippen LogP contribution in [0.3, 0.4) is 0 Å². The standard InChI is InChI=1S/C14H19ClN2O/c1-14(2)7-4-3-5-12(14)17-13(18)10-6-8-16-9-11(10)15/h6,8-9,12H,3-5,7H2,1-2H3,(H,17,18). The Morgan fingerprint density at radius 3 is 2.94 bits per heavy atom. The summed E-state index contributed by atoms with van der Waals surface area (Å²) in [7, 11) is 0. The van der Waals surface area contributed by atoms with Crippen LogP contribution in [0.15, 0.2) is 18.5 Å². The predicted molar refractivity (Wildman–Crippen MR) is 72.8 cm³/mol. The van der Waals surface area contributed by atoms with E-state index in [2.05, 4.69) is 24.1 Å². The third kappa shape index (κ3) is 2.83. The summed E-state index contributed by atoms with van der Waals surface area (Å²) < 4.78 is 0. The average Bonchev–Trinajstić information content (AvgIpc) is 2.32. The fraction of sp³-hybridized carbons (Fsp3) is 0.571. The van der Waals surface area contributed by atoms with Gasteiger partial charge in [-0.1, -0.05) is 38.3 Å². The molecule has 1 N–H and O–H groups in total. The quantitative estimate of drug-likeness (QED) is 0.891. The summed E-state index contributed by atoms with van der Waals surface area (Å²) in [6.45, 7) is 4.43. The molecule has 1 aromatic rings. The van der Waals surface area contributed by atoms with Gasteiger partial charge in [-0.05, 0) is 24.3 Å². The van der Waals surface area contributed by atoms with Gasteiger partial charge in [0.05, 0.1) is 10.6 Å². The van der Waals surface area contributed by atoms with Gasteiger partial charge in [-0.3, -0.25) is 9.78 Å². The van der Waals surface area contributed by atoms with Gasteiger partial charge in [0.1, 0.15) is 0 Å². The SMILES string of the molecule is CC1(C)CCCCC1NC(=O)c1ccncc1Cl. The van der Waals surface area contributed by atoms with Crippen LogP contribution in [0.25, 0.3) is 0 Å². The third-order valence-electron chi connectivity index (χ3n) is 3.83. The number of carbonyl (C=O) groups is 1. The number of halogens is 1. The Bertz CT molecular complexity index is 445. The monoisotopic (exact) mass is 266 g/mol. The van der Waals surface area contributed by atoms with Crippen molar-refractivity contribution in [1.82, 2.24) is 10.3 Å². The minimum atomic E-state index is -0.0950. The number of hydrogen-bond acceptors (Lipinski definition) is 2. The van der Waals surface area contributed by atoms with Gasteiger partial charge in [0, 0.05) is 18.4 Å². The molecular weight excluding hydrogens is 248 g/mol. The normalized spacial score (nSPS) is 22.5. The molecule has 0 spiro atoms. The van der Waals surface area contributed by atoms with Crippen molar-refractivity contribution in [1.29, 1.82) is 0 Å². The summed E-state index contributed by atoms with van der Waals surface area (Å²) in [6, 6.07) is 1.89. The smallest absolute Gasteiger partial charge is 0.253 e. The lowest BCUT2D eigenvalue weighted by Crippen LogP contribution is -2.46. The molecule has 0 radical (unpaired) electrons. The zero-order chi connectivity index (χ0) is 13.2. The fourth-order valence-corrected chi connectivity index (χ4v) is 2.76. The lowest BCUT2D eigenvalue weighted by Gasteiger charge is -2.39. The maximum Gasteiger partial charge on any atom is 0.253 e. The first-order valence-electron chi connectivity index (χ1n) is 6.41. The van der Waals surface area contributed by atoms with Gasteiger partial charge in [-0.2, -0.15) is 0 Å². The molecule has 1 unspecified atom stereocenters. The highest BCUT2D eigenvalue weighted by Crippen LogP contribution is 2.35. The van der Waals surface area contributed by atoms with Crippen LogP contribution in [0.2, 0.25) is 5.02 Å². The van der Waals surface area contributed by atoms with Crippen molar-refractivity contribution in [3.05, 3.63) is 29.0 Å². The summed E-state index contributed by atoms with van der Waals surface area (Å²) in [6.07, 6.45) is 7.71. The minimum absolute atomic E-state index is 0.0950. The third-order valence-corrected chi connectivity index (χ3v) is 4.13. The molecule has 3 nitrogen and oxygen atoms in total. The van der Waals surface area contributed by atoms with Gasteiger partial charge < -0.3 is 5.32 Å². The van der Waals surface area contributed by atoms with Gasteiger partial charge in [-0.25, -0.2) is 0 Å². The lowest BCUT2D eigenvalue weighted by atomic mass is 9.73. The molecule has 1 aromatic heterocycles. The molecule has 0 saturated heterocycles. The molecule has 1 amide bonds. The van der Waals surface area contributed by atoms with E-state index in [1.807, 2.05) is 0 Å². The zero-order valence-corrected chi connectivity index (χ0v) is 11.6. The van der Waals surface area contributed by atoms with Crippen molar-refractivity contribution >= 4 is 17.5 Å². The Labute approximate surface area is 113 Å². The Kier molecular flexibility index (Phi) is 3.91. The number of amides is 1. The first kappa shape index (κ1) is 13.3. The highest BCUT2D eigenvalue weighted by molar-refractivity contribution is 6.33. The summed E-state index contributed by atoms with van der Waals surface area (Å²) in [5.41, 5.74) is 0.668. The van der Waals surface area contributed by atoms with Crippen LogP contribution in [0, 0.1) is 5.41 Å². The summed E-state index contributed by atoms with van der Waals surface area (Å²) in [5.74, 6) is -0.0950. The maximum absolute atomic E-state index is 12.2. The molecule has 0 aromatic carbocycles. The Hall–Kier alpha value is -1.09. The molecule has 1 heterocycles. The predicted octanol–water partition coefficient (Wildman–Crippen LogP) is 3.43. The number of carbonyl (C=O) groups excluding carboxylic acids is 1. The van der Waals surface area contributed by atoms with Crippen LogP contribution in [0.1, 0.15) is 49.9 Å².